The molecule has 1 aromatic rings. The Balaban J connectivity index is 2.30. The van der Waals surface area contributed by atoms with Crippen molar-refractivity contribution in [1.29, 1.82) is 0 Å². The van der Waals surface area contributed by atoms with E-state index in [1.54, 1.807) is 37.1 Å². The van der Waals surface area contributed by atoms with E-state index in [4.69, 9.17) is 0 Å². The van der Waals surface area contributed by atoms with Gasteiger partial charge in [-0.05, 0) is 32.4 Å². The lowest BCUT2D eigenvalue weighted by Crippen LogP contribution is -2.64. The number of pyridine rings is 1. The Morgan fingerprint density at radius 3 is 2.70 bits per heavy atom. The van der Waals surface area contributed by atoms with Crippen LogP contribution in [0, 0.1) is 0 Å². The predicted octanol–water partition coefficient (Wildman–Crippen LogP) is 0.766. The second kappa shape index (κ2) is 5.20. The Hall–Kier alpha value is -1.95. The largest absolute Gasteiger partial charge is 0.387 e. The highest BCUT2D eigenvalue weighted by Gasteiger charge is 2.41. The van der Waals surface area contributed by atoms with Gasteiger partial charge in [0, 0.05) is 0 Å². The second-order valence-electron chi connectivity index (χ2n) is 5.39. The molecule has 2 rings (SSSR count). The first kappa shape index (κ1) is 14.5. The zero-order valence-corrected chi connectivity index (χ0v) is 11.9. The summed E-state index contributed by atoms with van der Waals surface area (Å²) in [5.74, 6) is -0.654. The van der Waals surface area contributed by atoms with Crippen LogP contribution in [0.1, 0.15) is 39.0 Å². The topological polar surface area (TPSA) is 82.5 Å². The van der Waals surface area contributed by atoms with Crippen molar-refractivity contribution >= 4 is 17.5 Å². The van der Waals surface area contributed by atoms with Gasteiger partial charge in [0.15, 0.2) is 0 Å². The van der Waals surface area contributed by atoms with E-state index in [1.807, 2.05) is 6.92 Å². The van der Waals surface area contributed by atoms with Gasteiger partial charge in [0.1, 0.15) is 5.54 Å². The smallest absolute Gasteiger partial charge is 0.251 e. The molecule has 2 N–H and O–H groups in total. The van der Waals surface area contributed by atoms with Crippen molar-refractivity contribution in [3.05, 3.63) is 24.0 Å². The first-order valence-electron chi connectivity index (χ1n) is 6.62. The molecule has 1 unspecified atom stereocenters. The van der Waals surface area contributed by atoms with Gasteiger partial charge in [-0.15, -0.1) is 0 Å². The van der Waals surface area contributed by atoms with Crippen LogP contribution in [-0.4, -0.2) is 34.0 Å². The van der Waals surface area contributed by atoms with Crippen LogP contribution in [0.4, 0.5) is 5.69 Å². The third kappa shape index (κ3) is 2.51. The van der Waals surface area contributed by atoms with Gasteiger partial charge in [0.2, 0.25) is 5.91 Å². The van der Waals surface area contributed by atoms with Gasteiger partial charge in [0.05, 0.1) is 30.2 Å². The van der Waals surface area contributed by atoms with E-state index in [9.17, 15) is 14.7 Å². The Kier molecular flexibility index (Phi) is 3.76. The van der Waals surface area contributed by atoms with E-state index in [1.165, 1.54) is 0 Å². The number of hydrogen-bond acceptors (Lipinski definition) is 5. The number of aliphatic hydroxyl groups excluding tert-OH is 1. The molecular weight excluding hydrogens is 258 g/mol. The molecule has 0 aromatic carbocycles. The van der Waals surface area contributed by atoms with E-state index in [0.717, 1.165) is 0 Å². The van der Waals surface area contributed by atoms with E-state index < -0.39 is 11.6 Å². The fourth-order valence-corrected chi connectivity index (χ4v) is 2.16. The van der Waals surface area contributed by atoms with Crippen molar-refractivity contribution in [3.63, 3.8) is 0 Å². The highest BCUT2D eigenvalue weighted by Crippen LogP contribution is 2.26. The van der Waals surface area contributed by atoms with Crippen molar-refractivity contribution < 1.29 is 14.7 Å². The van der Waals surface area contributed by atoms with Crippen LogP contribution in [0.15, 0.2) is 18.3 Å². The summed E-state index contributed by atoms with van der Waals surface area (Å²) in [7, 11) is 0. The van der Waals surface area contributed by atoms with Crippen molar-refractivity contribution in [1.82, 2.24) is 10.3 Å². The average Bonchev–Trinajstić information content (AvgIpc) is 2.42. The van der Waals surface area contributed by atoms with Crippen LogP contribution in [-0.2, 0) is 9.59 Å². The van der Waals surface area contributed by atoms with E-state index >= 15 is 0 Å². The molecule has 0 radical (unpaired) electrons. The highest BCUT2D eigenvalue weighted by atomic mass is 16.3. The summed E-state index contributed by atoms with van der Waals surface area (Å²) in [4.78, 5) is 29.3. The number of carbonyl (C=O) groups is 2. The van der Waals surface area contributed by atoms with Gasteiger partial charge in [-0.3, -0.25) is 19.9 Å². The number of imide groups is 1. The van der Waals surface area contributed by atoms with Gasteiger partial charge in [-0.2, -0.15) is 0 Å². The fourth-order valence-electron chi connectivity index (χ4n) is 2.16. The molecule has 1 fully saturated rings. The number of amides is 2. The summed E-state index contributed by atoms with van der Waals surface area (Å²) in [6.45, 7) is 5.49. The van der Waals surface area contributed by atoms with Crippen LogP contribution in [0.5, 0.6) is 0 Å². The lowest BCUT2D eigenvalue weighted by Gasteiger charge is -2.41. The van der Waals surface area contributed by atoms with Gasteiger partial charge < -0.3 is 10.0 Å². The molecule has 2 amide bonds. The van der Waals surface area contributed by atoms with E-state index in [0.29, 0.717) is 17.8 Å². The maximum absolute atomic E-state index is 11.9. The molecule has 20 heavy (non-hydrogen) atoms. The molecule has 2 heterocycles. The Morgan fingerprint density at radius 1 is 1.45 bits per heavy atom. The average molecular weight is 277 g/mol. The van der Waals surface area contributed by atoms with E-state index in [2.05, 4.69) is 10.3 Å². The van der Waals surface area contributed by atoms with Gasteiger partial charge >= 0.3 is 0 Å². The molecule has 6 nitrogen and oxygen atoms in total. The van der Waals surface area contributed by atoms with Gasteiger partial charge in [-0.1, -0.05) is 6.92 Å². The molecular formula is C14H19N3O3. The Morgan fingerprint density at radius 2 is 2.15 bits per heavy atom. The monoisotopic (exact) mass is 277 g/mol. The van der Waals surface area contributed by atoms with Crippen LogP contribution in [0.25, 0.3) is 0 Å². The summed E-state index contributed by atoms with van der Waals surface area (Å²) in [5, 5.41) is 12.1. The van der Waals surface area contributed by atoms with Crippen LogP contribution < -0.4 is 10.2 Å². The maximum atomic E-state index is 11.9. The Bertz CT molecular complexity index is 525. The number of nitrogens with one attached hydrogen (secondary N) is 1. The predicted molar refractivity (Wildman–Crippen MR) is 74.1 cm³/mol. The SMILES string of the molecule is CCC(O)c1ccc(N2CC(=O)NC(=O)C2(C)C)cn1. The van der Waals surface area contributed by atoms with Gasteiger partial charge in [-0.25, -0.2) is 0 Å². The summed E-state index contributed by atoms with van der Waals surface area (Å²) >= 11 is 0. The van der Waals surface area contributed by atoms with Crippen molar-refractivity contribution in [2.75, 3.05) is 11.4 Å². The zero-order chi connectivity index (χ0) is 14.9. The number of anilines is 1. The first-order valence-corrected chi connectivity index (χ1v) is 6.62. The minimum Gasteiger partial charge on any atom is -0.387 e. The number of rotatable bonds is 3. The standard InChI is InChI=1S/C14H19N3O3/c1-4-11(18)10-6-5-9(7-15-10)17-8-12(19)16-13(20)14(17,2)3/h5-7,11,18H,4,8H2,1-3H3,(H,16,19,20). The Labute approximate surface area is 117 Å². The van der Waals surface area contributed by atoms with Crippen molar-refractivity contribution in [2.24, 2.45) is 0 Å². The summed E-state index contributed by atoms with van der Waals surface area (Å²) < 4.78 is 0. The molecule has 6 heteroatoms. The number of aromatic nitrogens is 1. The first-order chi connectivity index (χ1) is 9.36. The summed E-state index contributed by atoms with van der Waals surface area (Å²) in [6.07, 6.45) is 1.58. The molecule has 108 valence electrons. The van der Waals surface area contributed by atoms with Crippen molar-refractivity contribution in [2.45, 2.75) is 38.8 Å². The number of piperazine rings is 1. The molecule has 1 aliphatic heterocycles. The third-order valence-corrected chi connectivity index (χ3v) is 3.60. The molecule has 1 aromatic heterocycles. The number of aliphatic hydroxyl groups is 1. The quantitative estimate of drug-likeness (QED) is 0.797. The third-order valence-electron chi connectivity index (χ3n) is 3.60. The summed E-state index contributed by atoms with van der Waals surface area (Å²) in [6, 6.07) is 3.49. The lowest BCUT2D eigenvalue weighted by atomic mass is 9.98. The molecule has 1 atom stereocenters. The summed E-state index contributed by atoms with van der Waals surface area (Å²) in [5.41, 5.74) is 0.451. The van der Waals surface area contributed by atoms with E-state index in [-0.39, 0.29) is 18.4 Å². The molecule has 0 aliphatic carbocycles. The van der Waals surface area contributed by atoms with Crippen LogP contribution in [0.3, 0.4) is 0 Å². The molecule has 1 aliphatic rings. The molecule has 1 saturated heterocycles. The second-order valence-corrected chi connectivity index (χ2v) is 5.39. The lowest BCUT2D eigenvalue weighted by molar-refractivity contribution is -0.135. The molecule has 0 spiro atoms. The van der Waals surface area contributed by atoms with Gasteiger partial charge in [0.25, 0.3) is 5.91 Å². The number of hydrogen-bond donors (Lipinski definition) is 2. The molecule has 0 bridgehead atoms. The highest BCUT2D eigenvalue weighted by molar-refractivity contribution is 6.06. The molecule has 0 saturated carbocycles. The fraction of sp³-hybridized carbons (Fsp3) is 0.500. The van der Waals surface area contributed by atoms with Crippen LogP contribution >= 0.6 is 0 Å². The normalized spacial score (nSPS) is 19.7. The minimum atomic E-state index is -0.819. The number of carbonyl (C=O) groups excluding carboxylic acids is 2. The van der Waals surface area contributed by atoms with Crippen LogP contribution in [0.2, 0.25) is 0 Å². The minimum absolute atomic E-state index is 0.107. The maximum Gasteiger partial charge on any atom is 0.251 e. The zero-order valence-electron chi connectivity index (χ0n) is 11.9. The van der Waals surface area contributed by atoms with Crippen molar-refractivity contribution in [3.8, 4) is 0 Å². The number of nitrogens with zero attached hydrogens (tertiary/aromatic N) is 2.